The molecule has 9 nitrogen and oxygen atoms in total. The predicted molar refractivity (Wildman–Crippen MR) is 108 cm³/mol. The first-order chi connectivity index (χ1) is 14.1. The van der Waals surface area contributed by atoms with Gasteiger partial charge in [0.15, 0.2) is 11.5 Å². The van der Waals surface area contributed by atoms with E-state index in [0.717, 1.165) is 23.5 Å². The average Bonchev–Trinajstić information content (AvgIpc) is 3.25. The van der Waals surface area contributed by atoms with Crippen molar-refractivity contribution >= 4 is 16.3 Å². The first-order valence-corrected chi connectivity index (χ1v) is 10.1. The van der Waals surface area contributed by atoms with E-state index in [4.69, 9.17) is 18.9 Å². The summed E-state index contributed by atoms with van der Waals surface area (Å²) >= 11 is 1.42. The van der Waals surface area contributed by atoms with Crippen LogP contribution >= 0.6 is 11.3 Å². The van der Waals surface area contributed by atoms with Crippen LogP contribution in [-0.2, 0) is 4.74 Å². The minimum atomic E-state index is -0.235. The number of fused-ring (bicyclic) bond motifs is 1. The average molecular weight is 420 g/mol. The molecule has 1 aliphatic rings. The van der Waals surface area contributed by atoms with Gasteiger partial charge in [-0.1, -0.05) is 11.3 Å². The monoisotopic (exact) mass is 420 g/mol. The Labute approximate surface area is 172 Å². The van der Waals surface area contributed by atoms with E-state index >= 15 is 0 Å². The quantitative estimate of drug-likeness (QED) is 0.649. The fraction of sp³-hybridized carbons (Fsp3) is 0.474. The molecule has 1 aromatic carbocycles. The molecule has 0 spiro atoms. The molecule has 3 aromatic rings. The van der Waals surface area contributed by atoms with Gasteiger partial charge in [-0.15, -0.1) is 5.10 Å². The number of hydrogen-bond acceptors (Lipinski definition) is 9. The van der Waals surface area contributed by atoms with Gasteiger partial charge in [0.1, 0.15) is 5.82 Å². The number of aromatic hydroxyl groups is 1. The van der Waals surface area contributed by atoms with Crippen LogP contribution in [0.2, 0.25) is 0 Å². The summed E-state index contributed by atoms with van der Waals surface area (Å²) in [6, 6.07) is 3.60. The summed E-state index contributed by atoms with van der Waals surface area (Å²) in [4.78, 5) is 8.09. The highest BCUT2D eigenvalue weighted by atomic mass is 32.1. The summed E-state index contributed by atoms with van der Waals surface area (Å²) in [5, 5.41) is 15.2. The summed E-state index contributed by atoms with van der Waals surface area (Å²) < 4.78 is 23.6. The molecule has 1 aliphatic heterocycles. The maximum absolute atomic E-state index is 10.9. The van der Waals surface area contributed by atoms with Gasteiger partial charge >= 0.3 is 0 Å². The lowest BCUT2D eigenvalue weighted by molar-refractivity contribution is 0.0240. The predicted octanol–water partition coefficient (Wildman–Crippen LogP) is 2.25. The number of hydrogen-bond donors (Lipinski definition) is 1. The highest BCUT2D eigenvalue weighted by Gasteiger charge is 2.32. The van der Waals surface area contributed by atoms with Crippen molar-refractivity contribution in [1.29, 1.82) is 0 Å². The van der Waals surface area contributed by atoms with Crippen molar-refractivity contribution in [3.8, 4) is 23.1 Å². The highest BCUT2D eigenvalue weighted by molar-refractivity contribution is 7.17. The SMILES string of the molecule is COc1cc([C@H](c2sc3nc(C)nn3c2O)N2CCOCC2)cc(OC)c1OC. The number of thiazole rings is 1. The zero-order chi connectivity index (χ0) is 20.5. The molecular formula is C19H24N4O5S. The summed E-state index contributed by atoms with van der Waals surface area (Å²) in [5.41, 5.74) is 0.915. The minimum absolute atomic E-state index is 0.0934. The van der Waals surface area contributed by atoms with Gasteiger partial charge in [0, 0.05) is 13.1 Å². The van der Waals surface area contributed by atoms with E-state index in [9.17, 15) is 5.11 Å². The lowest BCUT2D eigenvalue weighted by atomic mass is 10.0. The topological polar surface area (TPSA) is 90.6 Å². The third kappa shape index (κ3) is 3.47. The van der Waals surface area contributed by atoms with Crippen LogP contribution in [0.5, 0.6) is 23.1 Å². The van der Waals surface area contributed by atoms with Crippen LogP contribution in [0.25, 0.3) is 4.96 Å². The van der Waals surface area contributed by atoms with Gasteiger partial charge in [0.2, 0.25) is 16.6 Å². The number of morpholine rings is 1. The lowest BCUT2D eigenvalue weighted by Crippen LogP contribution is -2.39. The van der Waals surface area contributed by atoms with Crippen LogP contribution in [0.15, 0.2) is 12.1 Å². The second-order valence-corrected chi connectivity index (χ2v) is 7.66. The van der Waals surface area contributed by atoms with Gasteiger partial charge in [-0.25, -0.2) is 4.98 Å². The molecule has 29 heavy (non-hydrogen) atoms. The van der Waals surface area contributed by atoms with E-state index in [1.54, 1.807) is 28.3 Å². The Morgan fingerprint density at radius 1 is 1.10 bits per heavy atom. The van der Waals surface area contributed by atoms with Gasteiger partial charge in [-0.2, -0.15) is 4.52 Å². The second kappa shape index (κ2) is 8.05. The van der Waals surface area contributed by atoms with E-state index in [1.807, 2.05) is 12.1 Å². The molecule has 1 atom stereocenters. The van der Waals surface area contributed by atoms with Crippen LogP contribution in [-0.4, -0.2) is 72.2 Å². The van der Waals surface area contributed by atoms with Crippen molar-refractivity contribution in [2.45, 2.75) is 13.0 Å². The van der Waals surface area contributed by atoms with Gasteiger partial charge in [-0.05, 0) is 24.6 Å². The number of benzene rings is 1. The van der Waals surface area contributed by atoms with Crippen LogP contribution in [0, 0.1) is 6.92 Å². The molecule has 0 saturated carbocycles. The van der Waals surface area contributed by atoms with E-state index in [1.165, 1.54) is 15.9 Å². The van der Waals surface area contributed by atoms with Gasteiger partial charge < -0.3 is 24.1 Å². The van der Waals surface area contributed by atoms with E-state index in [-0.39, 0.29) is 11.9 Å². The van der Waals surface area contributed by atoms with Crippen molar-refractivity contribution in [1.82, 2.24) is 19.5 Å². The molecular weight excluding hydrogens is 396 g/mol. The molecule has 0 aliphatic carbocycles. The standard InChI is InChI=1S/C19H24N4O5S/c1-11-20-19-23(21-11)18(24)17(29-19)15(22-5-7-28-8-6-22)12-9-13(25-2)16(27-4)14(10-12)26-3/h9-10,15,24H,5-8H2,1-4H3/t15-/m1/s1. The Balaban J connectivity index is 1.88. The Hall–Kier alpha value is -2.56. The Morgan fingerprint density at radius 2 is 1.76 bits per heavy atom. The Kier molecular flexibility index (Phi) is 5.48. The van der Waals surface area contributed by atoms with E-state index in [2.05, 4.69) is 15.0 Å². The van der Waals surface area contributed by atoms with E-state index in [0.29, 0.717) is 41.2 Å². The third-order valence-electron chi connectivity index (χ3n) is 4.97. The normalized spacial score (nSPS) is 16.1. The minimum Gasteiger partial charge on any atom is -0.493 e. The fourth-order valence-electron chi connectivity index (χ4n) is 3.65. The third-order valence-corrected chi connectivity index (χ3v) is 6.04. The smallest absolute Gasteiger partial charge is 0.230 e. The molecule has 1 saturated heterocycles. The van der Waals surface area contributed by atoms with Gasteiger partial charge in [0.25, 0.3) is 0 Å². The number of methoxy groups -OCH3 is 3. The summed E-state index contributed by atoms with van der Waals surface area (Å²) in [7, 11) is 4.76. The number of aryl methyl sites for hydroxylation is 1. The molecule has 2 aromatic heterocycles. The van der Waals surface area contributed by atoms with Crippen LogP contribution in [0.4, 0.5) is 0 Å². The summed E-state index contributed by atoms with van der Waals surface area (Å²) in [6.45, 7) is 4.52. The Morgan fingerprint density at radius 3 is 2.31 bits per heavy atom. The maximum Gasteiger partial charge on any atom is 0.230 e. The number of ether oxygens (including phenoxy) is 4. The zero-order valence-corrected chi connectivity index (χ0v) is 17.7. The van der Waals surface area contributed by atoms with Crippen LogP contribution in [0.3, 0.4) is 0 Å². The summed E-state index contributed by atoms with van der Waals surface area (Å²) in [5.74, 6) is 2.37. The van der Waals surface area contributed by atoms with E-state index < -0.39 is 0 Å². The molecule has 0 amide bonds. The maximum atomic E-state index is 10.9. The first-order valence-electron chi connectivity index (χ1n) is 9.24. The van der Waals surface area contributed by atoms with Crippen LogP contribution < -0.4 is 14.2 Å². The molecule has 1 N–H and O–H groups in total. The molecule has 0 unspecified atom stereocenters. The van der Waals surface area contributed by atoms with Crippen molar-refractivity contribution in [3.63, 3.8) is 0 Å². The Bertz CT molecular complexity index is 987. The fourth-order valence-corrected chi connectivity index (χ4v) is 4.81. The van der Waals surface area contributed by atoms with Crippen molar-refractivity contribution in [2.75, 3.05) is 47.6 Å². The van der Waals surface area contributed by atoms with Crippen molar-refractivity contribution in [2.24, 2.45) is 0 Å². The molecule has 10 heteroatoms. The summed E-state index contributed by atoms with van der Waals surface area (Å²) in [6.07, 6.45) is 0. The van der Waals surface area contributed by atoms with Crippen molar-refractivity contribution in [3.05, 3.63) is 28.4 Å². The largest absolute Gasteiger partial charge is 0.493 e. The highest BCUT2D eigenvalue weighted by Crippen LogP contribution is 2.45. The molecule has 1 fully saturated rings. The molecule has 3 heterocycles. The first kappa shape index (κ1) is 19.7. The molecule has 0 radical (unpaired) electrons. The zero-order valence-electron chi connectivity index (χ0n) is 16.8. The molecule has 4 rings (SSSR count). The van der Waals surface area contributed by atoms with Gasteiger partial charge in [0.05, 0.1) is 45.5 Å². The molecule has 156 valence electrons. The second-order valence-electron chi connectivity index (χ2n) is 6.65. The van der Waals surface area contributed by atoms with Crippen molar-refractivity contribution < 1.29 is 24.1 Å². The molecule has 0 bridgehead atoms. The van der Waals surface area contributed by atoms with Gasteiger partial charge in [-0.3, -0.25) is 4.90 Å². The number of aromatic nitrogens is 3. The number of nitrogens with zero attached hydrogens (tertiary/aromatic N) is 4. The number of rotatable bonds is 6. The lowest BCUT2D eigenvalue weighted by Gasteiger charge is -2.34. The van der Waals surface area contributed by atoms with Crippen LogP contribution in [0.1, 0.15) is 22.3 Å².